The number of aromatic nitrogens is 1. The van der Waals surface area contributed by atoms with Crippen molar-refractivity contribution in [2.75, 3.05) is 19.6 Å². The lowest BCUT2D eigenvalue weighted by atomic mass is 9.98. The maximum Gasteiger partial charge on any atom is 0.268 e. The Morgan fingerprint density at radius 1 is 1.14 bits per heavy atom. The summed E-state index contributed by atoms with van der Waals surface area (Å²) in [5.74, 6) is 0.302. The first-order valence-corrected chi connectivity index (χ1v) is 11.5. The molecular weight excluding hydrogens is 382 g/mol. The fourth-order valence-electron chi connectivity index (χ4n) is 4.19. The van der Waals surface area contributed by atoms with Crippen LogP contribution in [0.2, 0.25) is 0 Å². The average Bonchev–Trinajstić information content (AvgIpc) is 3.33. The summed E-state index contributed by atoms with van der Waals surface area (Å²) in [5, 5.41) is 9.76. The summed E-state index contributed by atoms with van der Waals surface area (Å²) >= 11 is 0. The molecule has 2 aromatic carbocycles. The van der Waals surface area contributed by atoms with E-state index >= 15 is 0 Å². The number of aryl methyl sites for hydroxylation is 1. The number of nitrogens with zero attached hydrogens (tertiary/aromatic N) is 3. The van der Waals surface area contributed by atoms with Crippen LogP contribution in [-0.4, -0.2) is 36.9 Å². The van der Waals surface area contributed by atoms with Crippen molar-refractivity contribution in [3.05, 3.63) is 65.9 Å². The molecular formula is C23H25N3O2S. The highest BCUT2D eigenvalue weighted by atomic mass is 32.2. The number of nitriles is 1. The van der Waals surface area contributed by atoms with Gasteiger partial charge in [0.1, 0.15) is 0 Å². The second-order valence-corrected chi connectivity index (χ2v) is 9.58. The number of hydrogen-bond acceptors (Lipinski definition) is 4. The summed E-state index contributed by atoms with van der Waals surface area (Å²) in [7, 11) is -3.66. The van der Waals surface area contributed by atoms with Crippen LogP contribution in [0.5, 0.6) is 0 Å². The van der Waals surface area contributed by atoms with Gasteiger partial charge >= 0.3 is 0 Å². The minimum Gasteiger partial charge on any atom is -0.303 e. The molecule has 0 saturated carbocycles. The van der Waals surface area contributed by atoms with Crippen LogP contribution in [0.25, 0.3) is 10.9 Å². The third kappa shape index (κ3) is 3.81. The smallest absolute Gasteiger partial charge is 0.268 e. The molecule has 0 radical (unpaired) electrons. The van der Waals surface area contributed by atoms with Crippen LogP contribution >= 0.6 is 0 Å². The molecule has 1 unspecified atom stereocenters. The van der Waals surface area contributed by atoms with Crippen molar-refractivity contribution < 1.29 is 8.42 Å². The molecule has 5 nitrogen and oxygen atoms in total. The zero-order valence-electron chi connectivity index (χ0n) is 16.6. The molecule has 0 bridgehead atoms. The molecule has 2 heterocycles. The molecule has 0 spiro atoms. The van der Waals surface area contributed by atoms with Crippen molar-refractivity contribution in [3.8, 4) is 6.07 Å². The van der Waals surface area contributed by atoms with Gasteiger partial charge < -0.3 is 4.90 Å². The van der Waals surface area contributed by atoms with Crippen molar-refractivity contribution >= 4 is 20.9 Å². The van der Waals surface area contributed by atoms with Crippen LogP contribution in [0, 0.1) is 18.3 Å². The van der Waals surface area contributed by atoms with Gasteiger partial charge in [0.15, 0.2) is 0 Å². The van der Waals surface area contributed by atoms with Crippen LogP contribution in [0.15, 0.2) is 59.6 Å². The Labute approximate surface area is 172 Å². The summed E-state index contributed by atoms with van der Waals surface area (Å²) in [6.07, 6.45) is 4.29. The molecule has 1 atom stereocenters. The Balaban J connectivity index is 1.70. The molecule has 29 heavy (non-hydrogen) atoms. The van der Waals surface area contributed by atoms with E-state index in [0.717, 1.165) is 54.5 Å². The fraction of sp³-hybridized carbons (Fsp3) is 0.348. The molecule has 3 aromatic rings. The van der Waals surface area contributed by atoms with Gasteiger partial charge in [-0.3, -0.25) is 0 Å². The average molecular weight is 408 g/mol. The van der Waals surface area contributed by atoms with E-state index in [1.165, 1.54) is 3.97 Å². The number of likely N-dealkylation sites (tertiary alicyclic amines) is 1. The highest BCUT2D eigenvalue weighted by molar-refractivity contribution is 7.90. The monoisotopic (exact) mass is 407 g/mol. The SMILES string of the molecule is Cc1ccc(S(=O)(=O)n2cc(C3CCN(CCCC#N)C3)c3ccccc32)cc1. The highest BCUT2D eigenvalue weighted by Crippen LogP contribution is 2.35. The summed E-state index contributed by atoms with van der Waals surface area (Å²) in [6.45, 7) is 4.76. The first-order valence-electron chi connectivity index (χ1n) is 10.0. The van der Waals surface area contributed by atoms with Gasteiger partial charge in [-0.15, -0.1) is 0 Å². The van der Waals surface area contributed by atoms with E-state index in [4.69, 9.17) is 5.26 Å². The Hall–Kier alpha value is -2.62. The summed E-state index contributed by atoms with van der Waals surface area (Å²) in [4.78, 5) is 2.68. The van der Waals surface area contributed by atoms with E-state index in [2.05, 4.69) is 11.0 Å². The molecule has 1 fully saturated rings. The normalized spacial score (nSPS) is 17.6. The van der Waals surface area contributed by atoms with E-state index in [0.29, 0.717) is 17.2 Å². The van der Waals surface area contributed by atoms with E-state index in [1.54, 1.807) is 12.1 Å². The van der Waals surface area contributed by atoms with Crippen LogP contribution in [0.3, 0.4) is 0 Å². The van der Waals surface area contributed by atoms with Crippen molar-refractivity contribution in [3.63, 3.8) is 0 Å². The van der Waals surface area contributed by atoms with Gasteiger partial charge in [0.25, 0.3) is 10.0 Å². The number of fused-ring (bicyclic) bond motifs is 1. The minimum absolute atomic E-state index is 0.302. The van der Waals surface area contributed by atoms with Crippen LogP contribution in [0.4, 0.5) is 0 Å². The Morgan fingerprint density at radius 2 is 1.90 bits per heavy atom. The number of para-hydroxylation sites is 1. The van der Waals surface area contributed by atoms with Gasteiger partial charge in [-0.25, -0.2) is 12.4 Å². The number of unbranched alkanes of at least 4 members (excludes halogenated alkanes) is 1. The molecule has 1 aliphatic rings. The molecule has 1 aliphatic heterocycles. The maximum absolute atomic E-state index is 13.3. The van der Waals surface area contributed by atoms with E-state index in [1.807, 2.05) is 49.5 Å². The first-order chi connectivity index (χ1) is 14.0. The predicted molar refractivity (Wildman–Crippen MR) is 114 cm³/mol. The van der Waals surface area contributed by atoms with Gasteiger partial charge in [-0.1, -0.05) is 35.9 Å². The van der Waals surface area contributed by atoms with Crippen LogP contribution in [0.1, 0.15) is 36.3 Å². The third-order valence-corrected chi connectivity index (χ3v) is 7.45. The third-order valence-electron chi connectivity index (χ3n) is 5.76. The molecule has 150 valence electrons. The van der Waals surface area contributed by atoms with Crippen LogP contribution in [-0.2, 0) is 10.0 Å². The lowest BCUT2D eigenvalue weighted by Crippen LogP contribution is -2.21. The van der Waals surface area contributed by atoms with E-state index in [9.17, 15) is 8.42 Å². The van der Waals surface area contributed by atoms with Crippen molar-refractivity contribution in [1.29, 1.82) is 5.26 Å². The van der Waals surface area contributed by atoms with Gasteiger partial charge in [0.05, 0.1) is 16.5 Å². The Kier molecular flexibility index (Phi) is 5.44. The second-order valence-electron chi connectivity index (χ2n) is 7.76. The zero-order valence-corrected chi connectivity index (χ0v) is 17.4. The topological polar surface area (TPSA) is 66.1 Å². The van der Waals surface area contributed by atoms with Gasteiger partial charge in [-0.2, -0.15) is 5.26 Å². The molecule has 4 rings (SSSR count). The largest absolute Gasteiger partial charge is 0.303 e. The standard InChI is InChI=1S/C23H25N3O2S/c1-18-8-10-20(11-9-18)29(27,28)26-17-22(21-6-2-3-7-23(21)26)19-12-15-25(16-19)14-5-4-13-24/h2-3,6-11,17,19H,4-5,12,14-16H2,1H3. The second kappa shape index (κ2) is 8.02. The van der Waals surface area contributed by atoms with E-state index in [-0.39, 0.29) is 0 Å². The van der Waals surface area contributed by atoms with Gasteiger partial charge in [-0.05, 0) is 62.5 Å². The molecule has 1 aromatic heterocycles. The lowest BCUT2D eigenvalue weighted by molar-refractivity contribution is 0.331. The zero-order chi connectivity index (χ0) is 20.4. The molecule has 0 amide bonds. The van der Waals surface area contributed by atoms with Crippen molar-refractivity contribution in [1.82, 2.24) is 8.87 Å². The summed E-state index contributed by atoms with van der Waals surface area (Å²) < 4.78 is 28.1. The molecule has 0 aliphatic carbocycles. The summed E-state index contributed by atoms with van der Waals surface area (Å²) in [6, 6.07) is 17.0. The summed E-state index contributed by atoms with van der Waals surface area (Å²) in [5.41, 5.74) is 2.86. The molecule has 0 N–H and O–H groups in total. The number of benzene rings is 2. The van der Waals surface area contributed by atoms with E-state index < -0.39 is 10.0 Å². The van der Waals surface area contributed by atoms with Crippen molar-refractivity contribution in [2.24, 2.45) is 0 Å². The predicted octanol–water partition coefficient (Wildman–Crippen LogP) is 4.28. The molecule has 6 heteroatoms. The van der Waals surface area contributed by atoms with Crippen molar-refractivity contribution in [2.45, 2.75) is 37.0 Å². The maximum atomic E-state index is 13.3. The lowest BCUT2D eigenvalue weighted by Gasteiger charge is -2.14. The minimum atomic E-state index is -3.66. The number of rotatable bonds is 6. The molecule has 1 saturated heterocycles. The van der Waals surface area contributed by atoms with Gasteiger partial charge in [0, 0.05) is 24.5 Å². The number of hydrogen-bond donors (Lipinski definition) is 0. The Bertz CT molecular complexity index is 1160. The van der Waals surface area contributed by atoms with Crippen LogP contribution < -0.4 is 0 Å². The Morgan fingerprint density at radius 3 is 2.66 bits per heavy atom. The highest BCUT2D eigenvalue weighted by Gasteiger charge is 2.28. The first kappa shape index (κ1) is 19.7. The fourth-order valence-corrected chi connectivity index (χ4v) is 5.57. The van der Waals surface area contributed by atoms with Gasteiger partial charge in [0.2, 0.25) is 0 Å². The quantitative estimate of drug-likeness (QED) is 0.572.